The Morgan fingerprint density at radius 2 is 1.81 bits per heavy atom. The van der Waals surface area contributed by atoms with E-state index in [-0.39, 0.29) is 10.5 Å². The number of anilines is 1. The third-order valence-corrected chi connectivity index (χ3v) is 6.42. The molecule has 0 saturated carbocycles. The Morgan fingerprint density at radius 1 is 1.12 bits per heavy atom. The molecule has 0 atom stereocenters. The number of nitrogens with zero attached hydrogens (tertiary/aromatic N) is 2. The third kappa shape index (κ3) is 4.40. The first-order chi connectivity index (χ1) is 12.5. The molecule has 10 heteroatoms. The standard InChI is InChI=1S/C16H13N3O4S3/c1-23-15(20)11-2-8-14(9-3-11)26(21,22)19-12-4-6-13(7-5-12)25-16-18-17-10-24-16/h2-10,19H,1H3. The van der Waals surface area contributed by atoms with Crippen LogP contribution in [0.1, 0.15) is 10.4 Å². The van der Waals surface area contributed by atoms with E-state index in [0.29, 0.717) is 5.69 Å². The number of benzene rings is 2. The number of methoxy groups -OCH3 is 1. The molecule has 0 bridgehead atoms. The molecule has 1 aromatic heterocycles. The van der Waals surface area contributed by atoms with Gasteiger partial charge in [-0.15, -0.1) is 10.2 Å². The van der Waals surface area contributed by atoms with Crippen LogP contribution >= 0.6 is 23.1 Å². The minimum Gasteiger partial charge on any atom is -0.465 e. The molecule has 3 rings (SSSR count). The maximum absolute atomic E-state index is 12.4. The maximum atomic E-state index is 12.4. The summed E-state index contributed by atoms with van der Waals surface area (Å²) in [5.41, 5.74) is 2.37. The monoisotopic (exact) mass is 407 g/mol. The van der Waals surface area contributed by atoms with Crippen LogP contribution in [0.2, 0.25) is 0 Å². The van der Waals surface area contributed by atoms with Gasteiger partial charge in [0.25, 0.3) is 10.0 Å². The van der Waals surface area contributed by atoms with E-state index < -0.39 is 16.0 Å². The fourth-order valence-corrected chi connectivity index (χ4v) is 4.51. The number of rotatable bonds is 6. The second-order valence-electron chi connectivity index (χ2n) is 4.95. The summed E-state index contributed by atoms with van der Waals surface area (Å²) in [6, 6.07) is 12.5. The number of hydrogen-bond donors (Lipinski definition) is 1. The summed E-state index contributed by atoms with van der Waals surface area (Å²) in [5.74, 6) is -0.523. The van der Waals surface area contributed by atoms with Crippen LogP contribution < -0.4 is 4.72 Å². The molecule has 2 aromatic carbocycles. The third-order valence-electron chi connectivity index (χ3n) is 3.24. The van der Waals surface area contributed by atoms with Gasteiger partial charge in [0, 0.05) is 10.6 Å². The zero-order valence-corrected chi connectivity index (χ0v) is 15.9. The fraction of sp³-hybridized carbons (Fsp3) is 0.0625. The number of carbonyl (C=O) groups excluding carboxylic acids is 1. The van der Waals surface area contributed by atoms with Crippen LogP contribution in [0.4, 0.5) is 5.69 Å². The molecule has 1 N–H and O–H groups in total. The highest BCUT2D eigenvalue weighted by Crippen LogP contribution is 2.29. The van der Waals surface area contributed by atoms with Crippen LogP contribution in [0.5, 0.6) is 0 Å². The van der Waals surface area contributed by atoms with Gasteiger partial charge >= 0.3 is 5.97 Å². The second kappa shape index (κ2) is 7.85. The van der Waals surface area contributed by atoms with E-state index in [1.54, 1.807) is 29.8 Å². The van der Waals surface area contributed by atoms with E-state index in [1.807, 2.05) is 0 Å². The Bertz CT molecular complexity index is 986. The topological polar surface area (TPSA) is 98.2 Å². The first kappa shape index (κ1) is 18.4. The van der Waals surface area contributed by atoms with Crippen LogP contribution in [-0.4, -0.2) is 31.7 Å². The van der Waals surface area contributed by atoms with Crippen molar-refractivity contribution in [3.63, 3.8) is 0 Å². The van der Waals surface area contributed by atoms with Gasteiger partial charge in [-0.2, -0.15) is 0 Å². The minimum atomic E-state index is -3.75. The first-order valence-corrected chi connectivity index (χ1v) is 10.4. The van der Waals surface area contributed by atoms with Crippen LogP contribution in [-0.2, 0) is 14.8 Å². The number of hydrogen-bond acceptors (Lipinski definition) is 8. The van der Waals surface area contributed by atoms with Gasteiger partial charge in [-0.3, -0.25) is 4.72 Å². The van der Waals surface area contributed by atoms with E-state index in [9.17, 15) is 13.2 Å². The molecule has 0 saturated heterocycles. The molecule has 0 radical (unpaired) electrons. The molecule has 0 aliphatic carbocycles. The lowest BCUT2D eigenvalue weighted by atomic mass is 10.2. The number of ether oxygens (including phenoxy) is 1. The van der Waals surface area contributed by atoms with Crippen molar-refractivity contribution in [2.75, 3.05) is 11.8 Å². The number of sulfonamides is 1. The quantitative estimate of drug-likeness (QED) is 0.626. The van der Waals surface area contributed by atoms with Gasteiger partial charge in [0.1, 0.15) is 5.51 Å². The first-order valence-electron chi connectivity index (χ1n) is 7.23. The van der Waals surface area contributed by atoms with Gasteiger partial charge in [-0.1, -0.05) is 23.1 Å². The molecule has 0 unspecified atom stereocenters. The van der Waals surface area contributed by atoms with Crippen molar-refractivity contribution in [3.8, 4) is 0 Å². The molecular weight excluding hydrogens is 394 g/mol. The molecule has 0 amide bonds. The summed E-state index contributed by atoms with van der Waals surface area (Å²) in [6.45, 7) is 0. The van der Waals surface area contributed by atoms with E-state index in [0.717, 1.165) is 9.24 Å². The van der Waals surface area contributed by atoms with E-state index in [4.69, 9.17) is 0 Å². The highest BCUT2D eigenvalue weighted by atomic mass is 32.2. The largest absolute Gasteiger partial charge is 0.465 e. The lowest BCUT2D eigenvalue weighted by Crippen LogP contribution is -2.13. The van der Waals surface area contributed by atoms with Crippen LogP contribution in [0.25, 0.3) is 0 Å². The normalized spacial score (nSPS) is 11.1. The Hall–Kier alpha value is -2.43. The summed E-state index contributed by atoms with van der Waals surface area (Å²) >= 11 is 2.88. The summed E-state index contributed by atoms with van der Waals surface area (Å²) < 4.78 is 32.8. The molecule has 3 aromatic rings. The van der Waals surface area contributed by atoms with Crippen molar-refractivity contribution in [1.82, 2.24) is 10.2 Å². The molecule has 0 fully saturated rings. The van der Waals surface area contributed by atoms with Crippen molar-refractivity contribution in [2.24, 2.45) is 0 Å². The molecule has 1 heterocycles. The summed E-state index contributed by atoms with van der Waals surface area (Å²) in [4.78, 5) is 12.4. The molecule has 134 valence electrons. The molecule has 0 aliphatic rings. The lowest BCUT2D eigenvalue weighted by Gasteiger charge is -2.09. The maximum Gasteiger partial charge on any atom is 0.337 e. The summed E-state index contributed by atoms with van der Waals surface area (Å²) in [5, 5.41) is 7.71. The highest BCUT2D eigenvalue weighted by Gasteiger charge is 2.15. The number of esters is 1. The predicted molar refractivity (Wildman–Crippen MR) is 99.1 cm³/mol. The average Bonchev–Trinajstić information content (AvgIpc) is 3.15. The van der Waals surface area contributed by atoms with Crippen molar-refractivity contribution < 1.29 is 17.9 Å². The molecule has 26 heavy (non-hydrogen) atoms. The summed E-state index contributed by atoms with van der Waals surface area (Å²) in [6.07, 6.45) is 0. The minimum absolute atomic E-state index is 0.0532. The van der Waals surface area contributed by atoms with Crippen LogP contribution in [0.15, 0.2) is 68.2 Å². The van der Waals surface area contributed by atoms with E-state index >= 15 is 0 Å². The number of nitrogens with one attached hydrogen (secondary N) is 1. The SMILES string of the molecule is COC(=O)c1ccc(S(=O)(=O)Nc2ccc(Sc3nncs3)cc2)cc1. The van der Waals surface area contributed by atoms with Gasteiger partial charge in [0.2, 0.25) is 0 Å². The van der Waals surface area contributed by atoms with Crippen molar-refractivity contribution in [1.29, 1.82) is 0 Å². The highest BCUT2D eigenvalue weighted by molar-refractivity contribution is 8.01. The summed E-state index contributed by atoms with van der Waals surface area (Å²) in [7, 11) is -2.49. The molecular formula is C16H13N3O4S3. The van der Waals surface area contributed by atoms with Gasteiger partial charge in [0.15, 0.2) is 4.34 Å². The Labute approximate surface area is 158 Å². The fourth-order valence-electron chi connectivity index (χ4n) is 2.00. The molecule has 0 aliphatic heterocycles. The van der Waals surface area contributed by atoms with Crippen molar-refractivity contribution in [3.05, 3.63) is 59.6 Å². The van der Waals surface area contributed by atoms with Crippen LogP contribution in [0.3, 0.4) is 0 Å². The molecule has 7 nitrogen and oxygen atoms in total. The Kier molecular flexibility index (Phi) is 5.55. The zero-order chi connectivity index (χ0) is 18.6. The van der Waals surface area contributed by atoms with Crippen molar-refractivity contribution in [2.45, 2.75) is 14.1 Å². The average molecular weight is 407 g/mol. The van der Waals surface area contributed by atoms with Crippen LogP contribution in [0, 0.1) is 0 Å². The van der Waals surface area contributed by atoms with Gasteiger partial charge in [-0.25, -0.2) is 13.2 Å². The van der Waals surface area contributed by atoms with Crippen molar-refractivity contribution >= 4 is 44.8 Å². The Morgan fingerprint density at radius 3 is 2.38 bits per heavy atom. The lowest BCUT2D eigenvalue weighted by molar-refractivity contribution is 0.0600. The predicted octanol–water partition coefficient (Wildman–Crippen LogP) is 3.28. The van der Waals surface area contributed by atoms with Gasteiger partial charge in [-0.05, 0) is 48.5 Å². The van der Waals surface area contributed by atoms with E-state index in [1.165, 1.54) is 54.5 Å². The smallest absolute Gasteiger partial charge is 0.337 e. The number of carbonyl (C=O) groups is 1. The Balaban J connectivity index is 1.71. The number of aromatic nitrogens is 2. The van der Waals surface area contributed by atoms with Gasteiger partial charge in [0.05, 0.1) is 17.6 Å². The zero-order valence-electron chi connectivity index (χ0n) is 13.4. The van der Waals surface area contributed by atoms with E-state index in [2.05, 4.69) is 19.7 Å². The van der Waals surface area contributed by atoms with Gasteiger partial charge < -0.3 is 4.74 Å². The molecule has 0 spiro atoms. The second-order valence-corrected chi connectivity index (χ2v) is 8.79.